The number of hydrogen-bond donors (Lipinski definition) is 2. The minimum atomic E-state index is -1.69. The number of esters is 1. The van der Waals surface area contributed by atoms with Gasteiger partial charge in [-0.15, -0.1) is 0 Å². The SMILES string of the molecule is C=CCOC(=O)O[C@@H]1C[C@]2(O)C[C@@H](OC2=O)[C@@H]1O. The van der Waals surface area contributed by atoms with Crippen molar-refractivity contribution in [2.75, 3.05) is 6.61 Å². The van der Waals surface area contributed by atoms with E-state index in [2.05, 4.69) is 11.3 Å². The van der Waals surface area contributed by atoms with E-state index in [9.17, 15) is 19.8 Å². The molecule has 2 rings (SSSR count). The molecule has 0 aromatic heterocycles. The van der Waals surface area contributed by atoms with E-state index in [4.69, 9.17) is 9.47 Å². The molecule has 2 fully saturated rings. The van der Waals surface area contributed by atoms with Crippen LogP contribution in [0.5, 0.6) is 0 Å². The molecule has 1 aliphatic heterocycles. The number of hydrogen-bond acceptors (Lipinski definition) is 7. The van der Waals surface area contributed by atoms with Crippen molar-refractivity contribution in [2.24, 2.45) is 0 Å². The molecule has 4 atom stereocenters. The summed E-state index contributed by atoms with van der Waals surface area (Å²) in [5.41, 5.74) is -1.69. The second-order valence-corrected chi connectivity index (χ2v) is 4.38. The number of aliphatic hydroxyl groups excluding tert-OH is 1. The molecule has 0 aromatic carbocycles. The lowest BCUT2D eigenvalue weighted by atomic mass is 9.82. The number of carbonyl (C=O) groups is 2. The van der Waals surface area contributed by atoms with Crippen LogP contribution in [-0.2, 0) is 19.0 Å². The Bertz CT molecular complexity index is 380. The van der Waals surface area contributed by atoms with E-state index < -0.39 is 36.0 Å². The van der Waals surface area contributed by atoms with Crippen molar-refractivity contribution >= 4 is 12.1 Å². The van der Waals surface area contributed by atoms with Gasteiger partial charge in [-0.25, -0.2) is 9.59 Å². The number of ether oxygens (including phenoxy) is 3. The van der Waals surface area contributed by atoms with Gasteiger partial charge < -0.3 is 24.4 Å². The van der Waals surface area contributed by atoms with E-state index in [-0.39, 0.29) is 19.4 Å². The normalized spacial score (nSPS) is 37.9. The molecule has 7 heteroatoms. The highest BCUT2D eigenvalue weighted by atomic mass is 16.7. The zero-order chi connectivity index (χ0) is 13.3. The lowest BCUT2D eigenvalue weighted by Crippen LogP contribution is -2.50. The molecule has 1 saturated heterocycles. The smallest absolute Gasteiger partial charge is 0.457 e. The quantitative estimate of drug-likeness (QED) is 0.520. The predicted molar refractivity (Wildman–Crippen MR) is 56.5 cm³/mol. The first kappa shape index (κ1) is 12.8. The summed E-state index contributed by atoms with van der Waals surface area (Å²) in [6, 6.07) is 0. The van der Waals surface area contributed by atoms with Crippen LogP contribution >= 0.6 is 0 Å². The van der Waals surface area contributed by atoms with Gasteiger partial charge in [-0.05, 0) is 0 Å². The van der Waals surface area contributed by atoms with Crippen molar-refractivity contribution in [3.63, 3.8) is 0 Å². The Hall–Kier alpha value is -1.60. The van der Waals surface area contributed by atoms with Crippen LogP contribution in [0.15, 0.2) is 12.7 Å². The van der Waals surface area contributed by atoms with Gasteiger partial charge in [0.05, 0.1) is 0 Å². The average Bonchev–Trinajstić information content (AvgIpc) is 2.57. The Kier molecular flexibility index (Phi) is 3.27. The maximum atomic E-state index is 11.4. The van der Waals surface area contributed by atoms with Crippen molar-refractivity contribution in [1.29, 1.82) is 0 Å². The predicted octanol–water partition coefficient (Wildman–Crippen LogP) is -0.495. The van der Waals surface area contributed by atoms with Crippen LogP contribution in [0.25, 0.3) is 0 Å². The minimum Gasteiger partial charge on any atom is -0.457 e. The first-order valence-corrected chi connectivity index (χ1v) is 5.52. The van der Waals surface area contributed by atoms with Gasteiger partial charge in [0.1, 0.15) is 24.9 Å². The molecule has 0 aromatic rings. The van der Waals surface area contributed by atoms with E-state index in [1.165, 1.54) is 6.08 Å². The van der Waals surface area contributed by atoms with Gasteiger partial charge in [-0.2, -0.15) is 0 Å². The molecule has 1 heterocycles. The van der Waals surface area contributed by atoms with Gasteiger partial charge in [0.25, 0.3) is 0 Å². The van der Waals surface area contributed by atoms with Crippen LogP contribution in [-0.4, -0.2) is 52.9 Å². The maximum absolute atomic E-state index is 11.4. The van der Waals surface area contributed by atoms with Crippen molar-refractivity contribution in [1.82, 2.24) is 0 Å². The highest BCUT2D eigenvalue weighted by Gasteiger charge is 2.58. The third kappa shape index (κ3) is 2.19. The van der Waals surface area contributed by atoms with Crippen LogP contribution in [0.2, 0.25) is 0 Å². The molecule has 100 valence electrons. The molecule has 2 N–H and O–H groups in total. The molecule has 0 radical (unpaired) electrons. The second kappa shape index (κ2) is 4.58. The van der Waals surface area contributed by atoms with Crippen molar-refractivity contribution < 1.29 is 34.0 Å². The largest absolute Gasteiger partial charge is 0.508 e. The molecule has 0 unspecified atom stereocenters. The van der Waals surface area contributed by atoms with Gasteiger partial charge >= 0.3 is 12.1 Å². The van der Waals surface area contributed by atoms with Gasteiger partial charge in [0, 0.05) is 12.8 Å². The standard InChI is InChI=1S/C11H14O7/c1-2-3-16-10(14)18-7-5-11(15)4-6(8(7)12)17-9(11)13/h2,6-8,12,15H,1,3-5H2/t6-,7-,8+,11-/m1/s1. The van der Waals surface area contributed by atoms with E-state index in [1.807, 2.05) is 0 Å². The van der Waals surface area contributed by atoms with Gasteiger partial charge in [0.15, 0.2) is 5.60 Å². The van der Waals surface area contributed by atoms with Gasteiger partial charge in [-0.3, -0.25) is 0 Å². The molecular formula is C11H14O7. The summed E-state index contributed by atoms with van der Waals surface area (Å²) >= 11 is 0. The average molecular weight is 258 g/mol. The molecule has 1 aliphatic carbocycles. The first-order chi connectivity index (χ1) is 8.46. The summed E-state index contributed by atoms with van der Waals surface area (Å²) < 4.78 is 14.3. The van der Waals surface area contributed by atoms with Crippen LogP contribution in [0, 0.1) is 0 Å². The molecule has 1 saturated carbocycles. The van der Waals surface area contributed by atoms with E-state index in [0.717, 1.165) is 0 Å². The number of carbonyl (C=O) groups excluding carboxylic acids is 2. The van der Waals surface area contributed by atoms with Crippen LogP contribution in [0.3, 0.4) is 0 Å². The van der Waals surface area contributed by atoms with Crippen LogP contribution in [0.4, 0.5) is 4.79 Å². The molecule has 0 spiro atoms. The monoisotopic (exact) mass is 258 g/mol. The number of aliphatic hydroxyl groups is 2. The Labute approximate surface area is 103 Å². The van der Waals surface area contributed by atoms with Gasteiger partial charge in [0.2, 0.25) is 0 Å². The van der Waals surface area contributed by atoms with Crippen LogP contribution < -0.4 is 0 Å². The lowest BCUT2D eigenvalue weighted by molar-refractivity contribution is -0.154. The topological polar surface area (TPSA) is 102 Å². The minimum absolute atomic E-state index is 0.00850. The van der Waals surface area contributed by atoms with Crippen molar-refractivity contribution in [2.45, 2.75) is 36.8 Å². The zero-order valence-corrected chi connectivity index (χ0v) is 9.57. The number of fused-ring (bicyclic) bond motifs is 2. The highest BCUT2D eigenvalue weighted by Crippen LogP contribution is 2.39. The summed E-state index contributed by atoms with van der Waals surface area (Å²) in [5.74, 6) is -0.794. The fraction of sp³-hybridized carbons (Fsp3) is 0.636. The fourth-order valence-electron chi connectivity index (χ4n) is 2.15. The highest BCUT2D eigenvalue weighted by molar-refractivity contribution is 5.82. The van der Waals surface area contributed by atoms with Gasteiger partial charge in [-0.1, -0.05) is 12.7 Å². The third-order valence-corrected chi connectivity index (χ3v) is 3.04. The molecule has 2 aliphatic rings. The Morgan fingerprint density at radius 2 is 2.33 bits per heavy atom. The summed E-state index contributed by atoms with van der Waals surface area (Å²) in [6.07, 6.45) is -2.86. The fourth-order valence-corrected chi connectivity index (χ4v) is 2.15. The molecular weight excluding hydrogens is 244 g/mol. The summed E-state index contributed by atoms with van der Waals surface area (Å²) in [7, 11) is 0. The Balaban J connectivity index is 1.99. The molecule has 18 heavy (non-hydrogen) atoms. The molecule has 7 nitrogen and oxygen atoms in total. The zero-order valence-electron chi connectivity index (χ0n) is 9.57. The third-order valence-electron chi connectivity index (χ3n) is 3.04. The Morgan fingerprint density at radius 1 is 1.61 bits per heavy atom. The maximum Gasteiger partial charge on any atom is 0.508 e. The second-order valence-electron chi connectivity index (χ2n) is 4.38. The lowest BCUT2D eigenvalue weighted by Gasteiger charge is -2.32. The van der Waals surface area contributed by atoms with Crippen LogP contribution in [0.1, 0.15) is 12.8 Å². The van der Waals surface area contributed by atoms with Crippen molar-refractivity contribution in [3.05, 3.63) is 12.7 Å². The van der Waals surface area contributed by atoms with Crippen molar-refractivity contribution in [3.8, 4) is 0 Å². The summed E-state index contributed by atoms with van der Waals surface area (Å²) in [6.45, 7) is 3.34. The van der Waals surface area contributed by atoms with E-state index in [0.29, 0.717) is 0 Å². The summed E-state index contributed by atoms with van der Waals surface area (Å²) in [5, 5.41) is 19.8. The summed E-state index contributed by atoms with van der Waals surface area (Å²) in [4.78, 5) is 22.6. The van der Waals surface area contributed by atoms with E-state index >= 15 is 0 Å². The van der Waals surface area contributed by atoms with E-state index in [1.54, 1.807) is 0 Å². The molecule has 0 amide bonds. The number of rotatable bonds is 3. The Morgan fingerprint density at radius 3 is 3.00 bits per heavy atom. The first-order valence-electron chi connectivity index (χ1n) is 5.52. The molecule has 2 bridgehead atoms.